The zero-order valence-electron chi connectivity index (χ0n) is 9.31. The first-order valence-corrected chi connectivity index (χ1v) is 5.99. The van der Waals surface area contributed by atoms with Gasteiger partial charge in [-0.25, -0.2) is 0 Å². The van der Waals surface area contributed by atoms with E-state index in [0.717, 1.165) is 7.05 Å². The van der Waals surface area contributed by atoms with Crippen LogP contribution in [0.25, 0.3) is 0 Å². The molecule has 0 aliphatic rings. The summed E-state index contributed by atoms with van der Waals surface area (Å²) in [6, 6.07) is 5.75. The van der Waals surface area contributed by atoms with Crippen molar-refractivity contribution in [2.24, 2.45) is 5.73 Å². The normalized spacial score (nSPS) is 11.8. The van der Waals surface area contributed by atoms with E-state index < -0.39 is 15.5 Å². The van der Waals surface area contributed by atoms with Gasteiger partial charge in [0.25, 0.3) is 0 Å². The molecular formula is C9H12ClF3N2O2S. The van der Waals surface area contributed by atoms with E-state index in [9.17, 15) is 21.6 Å². The lowest BCUT2D eigenvalue weighted by atomic mass is 10.2. The van der Waals surface area contributed by atoms with Gasteiger partial charge in [0.1, 0.15) is 0 Å². The summed E-state index contributed by atoms with van der Waals surface area (Å²) in [7, 11) is -4.54. The first-order valence-electron chi connectivity index (χ1n) is 4.55. The Bertz CT molecular complexity index is 505. The molecule has 0 heterocycles. The van der Waals surface area contributed by atoms with E-state index in [1.54, 1.807) is 6.07 Å². The van der Waals surface area contributed by atoms with Gasteiger partial charge in [-0.1, -0.05) is 18.2 Å². The number of nitrogens with two attached hydrogens (primary N) is 1. The van der Waals surface area contributed by atoms with Crippen molar-refractivity contribution in [3.05, 3.63) is 29.8 Å². The molecule has 0 unspecified atom stereocenters. The Morgan fingerprint density at radius 2 is 1.78 bits per heavy atom. The molecule has 1 aromatic carbocycles. The first-order chi connectivity index (χ1) is 7.71. The Balaban J connectivity index is 0.00000289. The highest BCUT2D eigenvalue weighted by Crippen LogP contribution is 2.31. The third-order valence-electron chi connectivity index (χ3n) is 2.20. The van der Waals surface area contributed by atoms with E-state index in [2.05, 4.69) is 0 Å². The zero-order valence-corrected chi connectivity index (χ0v) is 10.9. The first kappa shape index (κ1) is 17.0. The second kappa shape index (κ2) is 5.77. The molecule has 18 heavy (non-hydrogen) atoms. The Labute approximate surface area is 109 Å². The van der Waals surface area contributed by atoms with Gasteiger partial charge in [0.2, 0.25) is 0 Å². The number of hydrogen-bond acceptors (Lipinski definition) is 3. The van der Waals surface area contributed by atoms with Crippen molar-refractivity contribution < 1.29 is 21.6 Å². The molecule has 4 nitrogen and oxygen atoms in total. The number of rotatable bonds is 3. The van der Waals surface area contributed by atoms with Crippen LogP contribution in [0, 0.1) is 0 Å². The third-order valence-corrected chi connectivity index (χ3v) is 3.71. The van der Waals surface area contributed by atoms with Gasteiger partial charge in [0, 0.05) is 13.6 Å². The summed E-state index contributed by atoms with van der Waals surface area (Å²) in [6.07, 6.45) is 0. The lowest BCUT2D eigenvalue weighted by molar-refractivity contribution is -0.0437. The molecule has 0 bridgehead atoms. The summed E-state index contributed by atoms with van der Waals surface area (Å²) in [5, 5.41) is 0. The van der Waals surface area contributed by atoms with Crippen LogP contribution >= 0.6 is 12.4 Å². The highest BCUT2D eigenvalue weighted by Gasteiger charge is 2.49. The molecule has 104 valence electrons. The molecule has 0 atom stereocenters. The summed E-state index contributed by atoms with van der Waals surface area (Å²) >= 11 is 0. The van der Waals surface area contributed by atoms with Gasteiger partial charge in [-0.2, -0.15) is 21.6 Å². The largest absolute Gasteiger partial charge is 0.516 e. The number of halogens is 4. The molecular weight excluding hydrogens is 293 g/mol. The summed E-state index contributed by atoms with van der Waals surface area (Å²) in [5.74, 6) is 0. The Morgan fingerprint density at radius 1 is 1.28 bits per heavy atom. The van der Waals surface area contributed by atoms with Crippen LogP contribution in [0.4, 0.5) is 18.9 Å². The molecule has 1 rings (SSSR count). The molecule has 0 aliphatic carbocycles. The quantitative estimate of drug-likeness (QED) is 0.927. The highest BCUT2D eigenvalue weighted by molar-refractivity contribution is 7.93. The minimum absolute atomic E-state index is 0. The van der Waals surface area contributed by atoms with Crippen molar-refractivity contribution in [2.75, 3.05) is 11.4 Å². The van der Waals surface area contributed by atoms with Crippen LogP contribution in [0.1, 0.15) is 5.56 Å². The molecule has 0 amide bonds. The number of hydrogen-bond donors (Lipinski definition) is 1. The van der Waals surface area contributed by atoms with E-state index in [0.29, 0.717) is 5.56 Å². The van der Waals surface area contributed by atoms with E-state index in [1.807, 2.05) is 0 Å². The number of benzene rings is 1. The van der Waals surface area contributed by atoms with Gasteiger partial charge in [-0.3, -0.25) is 4.31 Å². The van der Waals surface area contributed by atoms with Crippen molar-refractivity contribution in [2.45, 2.75) is 12.1 Å². The van der Waals surface area contributed by atoms with Gasteiger partial charge in [0.15, 0.2) is 0 Å². The molecule has 1 aromatic rings. The summed E-state index contributed by atoms with van der Waals surface area (Å²) in [5.41, 5.74) is 0.254. The van der Waals surface area contributed by atoms with Crippen molar-refractivity contribution >= 4 is 28.1 Å². The number of alkyl halides is 3. The molecule has 0 fully saturated rings. The Morgan fingerprint density at radius 3 is 2.22 bits per heavy atom. The molecule has 0 radical (unpaired) electrons. The minimum Gasteiger partial charge on any atom is -0.326 e. The smallest absolute Gasteiger partial charge is 0.326 e. The Kier molecular flexibility index (Phi) is 5.45. The highest BCUT2D eigenvalue weighted by atomic mass is 35.5. The van der Waals surface area contributed by atoms with Gasteiger partial charge in [-0.15, -0.1) is 12.4 Å². The zero-order chi connectivity index (χ0) is 13.3. The number of para-hydroxylation sites is 1. The predicted molar refractivity (Wildman–Crippen MR) is 65.0 cm³/mol. The molecule has 9 heteroatoms. The predicted octanol–water partition coefficient (Wildman–Crippen LogP) is 1.85. The van der Waals surface area contributed by atoms with Crippen molar-refractivity contribution in [1.29, 1.82) is 0 Å². The number of sulfonamides is 1. The van der Waals surface area contributed by atoms with Crippen LogP contribution in [-0.4, -0.2) is 21.0 Å². The van der Waals surface area contributed by atoms with Crippen molar-refractivity contribution in [3.63, 3.8) is 0 Å². The molecule has 0 spiro atoms. The summed E-state index contributed by atoms with van der Waals surface area (Å²) in [6.45, 7) is -0.0477. The average molecular weight is 305 g/mol. The monoisotopic (exact) mass is 304 g/mol. The molecule has 0 saturated heterocycles. The van der Waals surface area contributed by atoms with E-state index >= 15 is 0 Å². The van der Waals surface area contributed by atoms with Crippen molar-refractivity contribution in [1.82, 2.24) is 0 Å². The Hall–Kier alpha value is -0.990. The lowest BCUT2D eigenvalue weighted by Crippen LogP contribution is -2.38. The fraction of sp³-hybridized carbons (Fsp3) is 0.333. The van der Waals surface area contributed by atoms with Crippen LogP contribution in [0.2, 0.25) is 0 Å². The van der Waals surface area contributed by atoms with Gasteiger partial charge in [-0.05, 0) is 11.6 Å². The summed E-state index contributed by atoms with van der Waals surface area (Å²) in [4.78, 5) is 0. The van der Waals surface area contributed by atoms with Gasteiger partial charge in [0.05, 0.1) is 5.69 Å². The van der Waals surface area contributed by atoms with Gasteiger partial charge < -0.3 is 5.73 Å². The second-order valence-corrected chi connectivity index (χ2v) is 5.21. The standard InChI is InChI=1S/C9H11F3N2O2S.ClH/c1-14(17(15,16)9(10,11)12)8-5-3-2-4-7(8)6-13;/h2-5H,6,13H2,1H3;1H. The lowest BCUT2D eigenvalue weighted by Gasteiger charge is -2.22. The van der Waals surface area contributed by atoms with Crippen LogP contribution in [0.15, 0.2) is 24.3 Å². The van der Waals surface area contributed by atoms with Crippen LogP contribution in [0.5, 0.6) is 0 Å². The fourth-order valence-corrected chi connectivity index (χ4v) is 2.02. The van der Waals surface area contributed by atoms with E-state index in [-0.39, 0.29) is 28.9 Å². The number of anilines is 1. The van der Waals surface area contributed by atoms with E-state index in [4.69, 9.17) is 5.73 Å². The maximum absolute atomic E-state index is 12.3. The maximum Gasteiger partial charge on any atom is 0.516 e. The van der Waals surface area contributed by atoms with Crippen LogP contribution < -0.4 is 10.0 Å². The van der Waals surface area contributed by atoms with Crippen LogP contribution in [-0.2, 0) is 16.6 Å². The van der Waals surface area contributed by atoms with Crippen LogP contribution in [0.3, 0.4) is 0 Å². The van der Waals surface area contributed by atoms with E-state index in [1.165, 1.54) is 18.2 Å². The topological polar surface area (TPSA) is 63.4 Å². The van der Waals surface area contributed by atoms with Crippen molar-refractivity contribution in [3.8, 4) is 0 Å². The van der Waals surface area contributed by atoms with Gasteiger partial charge >= 0.3 is 15.5 Å². The average Bonchev–Trinajstić information content (AvgIpc) is 2.26. The minimum atomic E-state index is -5.38. The second-order valence-electron chi connectivity index (χ2n) is 3.25. The molecule has 0 aromatic heterocycles. The molecule has 0 saturated carbocycles. The number of nitrogens with zero attached hydrogens (tertiary/aromatic N) is 1. The SMILES string of the molecule is CN(c1ccccc1CN)S(=O)(=O)C(F)(F)F.Cl. The summed E-state index contributed by atoms with van der Waals surface area (Å²) < 4.78 is 59.6. The maximum atomic E-state index is 12.3. The third kappa shape index (κ3) is 3.06. The molecule has 2 N–H and O–H groups in total. The fourth-order valence-electron chi connectivity index (χ4n) is 1.28. The molecule has 0 aliphatic heterocycles.